The monoisotopic (exact) mass is 412 g/mol. The number of hydrogen-bond acceptors (Lipinski definition) is 4. The first-order valence-electron chi connectivity index (χ1n) is 10.5. The highest BCUT2D eigenvalue weighted by atomic mass is 32.1. The lowest BCUT2D eigenvalue weighted by atomic mass is 9.96. The summed E-state index contributed by atoms with van der Waals surface area (Å²) in [5, 5.41) is 4.04. The number of carbonyl (C=O) groups excluding carboxylic acids is 2. The van der Waals surface area contributed by atoms with Gasteiger partial charge in [0.2, 0.25) is 0 Å². The fourth-order valence-electron chi connectivity index (χ4n) is 4.07. The summed E-state index contributed by atoms with van der Waals surface area (Å²) in [5.74, 6) is 0.0227. The van der Waals surface area contributed by atoms with Gasteiger partial charge in [0, 0.05) is 37.8 Å². The van der Waals surface area contributed by atoms with Crippen molar-refractivity contribution in [3.8, 4) is 10.6 Å². The van der Waals surface area contributed by atoms with Gasteiger partial charge in [0.1, 0.15) is 9.88 Å². The molecule has 1 aliphatic carbocycles. The van der Waals surface area contributed by atoms with E-state index in [2.05, 4.69) is 10.3 Å². The Hall–Kier alpha value is -2.41. The molecule has 2 aliphatic rings. The highest BCUT2D eigenvalue weighted by Crippen LogP contribution is 2.29. The van der Waals surface area contributed by atoms with Crippen LogP contribution in [0.5, 0.6) is 0 Å². The summed E-state index contributed by atoms with van der Waals surface area (Å²) < 4.78 is 0. The molecule has 0 unspecified atom stereocenters. The summed E-state index contributed by atoms with van der Waals surface area (Å²) in [6.45, 7) is 4.18. The SMILES string of the molecule is Cc1nc(-c2ccccc2)sc1C(=O)N1CCN(C(=O)NC2CCCCC2)CC1. The van der Waals surface area contributed by atoms with Gasteiger partial charge in [0.25, 0.3) is 5.91 Å². The van der Waals surface area contributed by atoms with Gasteiger partial charge in [-0.1, -0.05) is 49.6 Å². The number of carbonyl (C=O) groups is 2. The smallest absolute Gasteiger partial charge is 0.317 e. The molecule has 1 saturated heterocycles. The molecule has 0 bridgehead atoms. The Labute approximate surface area is 175 Å². The maximum Gasteiger partial charge on any atom is 0.317 e. The fourth-order valence-corrected chi connectivity index (χ4v) is 5.11. The molecule has 0 radical (unpaired) electrons. The van der Waals surface area contributed by atoms with Crippen LogP contribution in [0.25, 0.3) is 10.6 Å². The van der Waals surface area contributed by atoms with Crippen molar-refractivity contribution in [2.45, 2.75) is 45.1 Å². The standard InChI is InChI=1S/C22H28N4O2S/c1-16-19(29-20(23-16)17-8-4-2-5-9-17)21(27)25-12-14-26(15-13-25)22(28)24-18-10-6-3-7-11-18/h2,4-5,8-9,18H,3,6-7,10-15H2,1H3,(H,24,28). The summed E-state index contributed by atoms with van der Waals surface area (Å²) in [7, 11) is 0. The number of benzene rings is 1. The largest absolute Gasteiger partial charge is 0.335 e. The summed E-state index contributed by atoms with van der Waals surface area (Å²) in [6, 6.07) is 10.3. The van der Waals surface area contributed by atoms with Gasteiger partial charge < -0.3 is 15.1 Å². The minimum absolute atomic E-state index is 0.0179. The van der Waals surface area contributed by atoms with Crippen molar-refractivity contribution < 1.29 is 9.59 Å². The molecular weight excluding hydrogens is 384 g/mol. The van der Waals surface area contributed by atoms with Gasteiger partial charge in [-0.2, -0.15) is 0 Å². The maximum atomic E-state index is 13.0. The van der Waals surface area contributed by atoms with E-state index in [1.807, 2.05) is 47.1 Å². The Bertz CT molecular complexity index is 853. The van der Waals surface area contributed by atoms with E-state index < -0.39 is 0 Å². The maximum absolute atomic E-state index is 13.0. The molecule has 154 valence electrons. The van der Waals surface area contributed by atoms with E-state index >= 15 is 0 Å². The van der Waals surface area contributed by atoms with Gasteiger partial charge in [-0.05, 0) is 19.8 Å². The van der Waals surface area contributed by atoms with Crippen molar-refractivity contribution in [1.29, 1.82) is 0 Å². The zero-order valence-electron chi connectivity index (χ0n) is 16.9. The van der Waals surface area contributed by atoms with Crippen molar-refractivity contribution in [1.82, 2.24) is 20.1 Å². The molecule has 0 spiro atoms. The first kappa shape index (κ1) is 19.9. The number of nitrogens with zero attached hydrogens (tertiary/aromatic N) is 3. The molecule has 1 aliphatic heterocycles. The topological polar surface area (TPSA) is 65.5 Å². The molecule has 1 saturated carbocycles. The minimum Gasteiger partial charge on any atom is -0.335 e. The zero-order valence-corrected chi connectivity index (χ0v) is 17.7. The van der Waals surface area contributed by atoms with E-state index in [1.54, 1.807) is 0 Å². The molecule has 6 nitrogen and oxygen atoms in total. The third-order valence-electron chi connectivity index (χ3n) is 5.80. The number of hydrogen-bond donors (Lipinski definition) is 1. The molecule has 4 rings (SSSR count). The van der Waals surface area contributed by atoms with Crippen LogP contribution < -0.4 is 5.32 Å². The van der Waals surface area contributed by atoms with Crippen LogP contribution in [0.3, 0.4) is 0 Å². The molecule has 7 heteroatoms. The highest BCUT2D eigenvalue weighted by Gasteiger charge is 2.28. The second-order valence-electron chi connectivity index (χ2n) is 7.86. The Morgan fingerprint density at radius 3 is 2.34 bits per heavy atom. The van der Waals surface area contributed by atoms with Crippen LogP contribution in [0.2, 0.25) is 0 Å². The predicted molar refractivity (Wildman–Crippen MR) is 115 cm³/mol. The molecule has 1 aromatic heterocycles. The first-order valence-corrected chi connectivity index (χ1v) is 11.3. The molecule has 1 N–H and O–H groups in total. The Balaban J connectivity index is 1.34. The second kappa shape index (κ2) is 8.95. The van der Waals surface area contributed by atoms with Gasteiger partial charge in [-0.3, -0.25) is 4.79 Å². The van der Waals surface area contributed by atoms with Crippen molar-refractivity contribution in [3.05, 3.63) is 40.9 Å². The van der Waals surface area contributed by atoms with Gasteiger partial charge in [-0.25, -0.2) is 9.78 Å². The van der Waals surface area contributed by atoms with Crippen LogP contribution in [-0.4, -0.2) is 58.9 Å². The number of thiazole rings is 1. The summed E-state index contributed by atoms with van der Waals surface area (Å²) in [5.41, 5.74) is 1.81. The highest BCUT2D eigenvalue weighted by molar-refractivity contribution is 7.17. The number of rotatable bonds is 3. The van der Waals surface area contributed by atoms with E-state index in [4.69, 9.17) is 0 Å². The second-order valence-corrected chi connectivity index (χ2v) is 8.86. The van der Waals surface area contributed by atoms with E-state index in [0.717, 1.165) is 29.1 Å². The van der Waals surface area contributed by atoms with Crippen LogP contribution in [0.4, 0.5) is 4.79 Å². The molecule has 0 atom stereocenters. The number of aromatic nitrogens is 1. The molecule has 2 fully saturated rings. The van der Waals surface area contributed by atoms with E-state index in [-0.39, 0.29) is 11.9 Å². The fraction of sp³-hybridized carbons (Fsp3) is 0.500. The number of piperazine rings is 1. The third-order valence-corrected chi connectivity index (χ3v) is 6.99. The van der Waals surface area contributed by atoms with E-state index in [0.29, 0.717) is 37.1 Å². The normalized spacial score (nSPS) is 18.0. The third kappa shape index (κ3) is 4.61. The van der Waals surface area contributed by atoms with Gasteiger partial charge in [0.05, 0.1) is 5.69 Å². The van der Waals surface area contributed by atoms with Crippen molar-refractivity contribution in [3.63, 3.8) is 0 Å². The average molecular weight is 413 g/mol. The quantitative estimate of drug-likeness (QED) is 0.831. The molecular formula is C22H28N4O2S. The molecule has 2 heterocycles. The van der Waals surface area contributed by atoms with Crippen LogP contribution in [-0.2, 0) is 0 Å². The Kier molecular flexibility index (Phi) is 6.13. The zero-order chi connectivity index (χ0) is 20.2. The van der Waals surface area contributed by atoms with Crippen molar-refractivity contribution in [2.75, 3.05) is 26.2 Å². The molecule has 2 aromatic rings. The summed E-state index contributed by atoms with van der Waals surface area (Å²) in [4.78, 5) is 34.6. The number of amides is 3. The minimum atomic E-state index is 0.0179. The molecule has 3 amide bonds. The predicted octanol–water partition coefficient (Wildman–Crippen LogP) is 3.92. The number of urea groups is 1. The number of nitrogens with one attached hydrogen (secondary N) is 1. The van der Waals surface area contributed by atoms with Crippen molar-refractivity contribution in [2.24, 2.45) is 0 Å². The van der Waals surface area contributed by atoms with Gasteiger partial charge in [0.15, 0.2) is 0 Å². The average Bonchev–Trinajstić information content (AvgIpc) is 3.16. The van der Waals surface area contributed by atoms with Crippen LogP contribution in [0, 0.1) is 6.92 Å². The van der Waals surface area contributed by atoms with Crippen molar-refractivity contribution >= 4 is 23.3 Å². The van der Waals surface area contributed by atoms with Crippen LogP contribution in [0.1, 0.15) is 47.5 Å². The van der Waals surface area contributed by atoms with Gasteiger partial charge in [-0.15, -0.1) is 11.3 Å². The number of aryl methyl sites for hydroxylation is 1. The summed E-state index contributed by atoms with van der Waals surface area (Å²) >= 11 is 1.45. The lowest BCUT2D eigenvalue weighted by Crippen LogP contribution is -2.54. The van der Waals surface area contributed by atoms with E-state index in [9.17, 15) is 9.59 Å². The van der Waals surface area contributed by atoms with Crippen LogP contribution >= 0.6 is 11.3 Å². The lowest BCUT2D eigenvalue weighted by molar-refractivity contribution is 0.0666. The van der Waals surface area contributed by atoms with Gasteiger partial charge >= 0.3 is 6.03 Å². The Morgan fingerprint density at radius 2 is 1.66 bits per heavy atom. The summed E-state index contributed by atoms with van der Waals surface area (Å²) in [6.07, 6.45) is 5.84. The first-order chi connectivity index (χ1) is 14.1. The van der Waals surface area contributed by atoms with E-state index in [1.165, 1.54) is 30.6 Å². The van der Waals surface area contributed by atoms with Crippen LogP contribution in [0.15, 0.2) is 30.3 Å². The lowest BCUT2D eigenvalue weighted by Gasteiger charge is -2.35. The Morgan fingerprint density at radius 1 is 1.00 bits per heavy atom. The molecule has 1 aromatic carbocycles. The molecule has 29 heavy (non-hydrogen) atoms.